The number of fused-ring (bicyclic) bond motifs is 2. The van der Waals surface area contributed by atoms with E-state index in [2.05, 4.69) is 15.0 Å². The average molecular weight is 397 g/mol. The minimum absolute atomic E-state index is 0.0943. The Hall–Kier alpha value is -2.97. The molecule has 0 radical (unpaired) electrons. The number of benzene rings is 2. The summed E-state index contributed by atoms with van der Waals surface area (Å²) in [7, 11) is -3.73. The number of aryl methyl sites for hydroxylation is 1. The Labute approximate surface area is 161 Å². The molecule has 3 aromatic rings. The molecule has 0 fully saturated rings. The highest BCUT2D eigenvalue weighted by Gasteiger charge is 2.21. The minimum atomic E-state index is -3.73. The fraction of sp³-hybridized carbons (Fsp3) is 0.200. The fourth-order valence-electron chi connectivity index (χ4n) is 3.32. The Bertz CT molecular complexity index is 1260. The van der Waals surface area contributed by atoms with E-state index in [1.54, 1.807) is 12.1 Å². The van der Waals surface area contributed by atoms with Gasteiger partial charge in [-0.15, -0.1) is 0 Å². The second-order valence-electron chi connectivity index (χ2n) is 6.91. The number of rotatable bonds is 5. The lowest BCUT2D eigenvalue weighted by molar-refractivity contribution is -0.115. The second-order valence-corrected chi connectivity index (χ2v) is 8.67. The predicted octanol–water partition coefficient (Wildman–Crippen LogP) is 1.85. The fourth-order valence-corrected chi connectivity index (χ4v) is 4.40. The van der Waals surface area contributed by atoms with Crippen molar-refractivity contribution in [1.82, 2.24) is 9.71 Å². The molecule has 0 aliphatic carbocycles. The number of pyridine rings is 1. The van der Waals surface area contributed by atoms with Crippen LogP contribution in [0.1, 0.15) is 16.7 Å². The molecule has 0 saturated carbocycles. The van der Waals surface area contributed by atoms with Crippen LogP contribution in [0.3, 0.4) is 0 Å². The van der Waals surface area contributed by atoms with Crippen molar-refractivity contribution < 1.29 is 13.2 Å². The zero-order valence-corrected chi connectivity index (χ0v) is 16.0. The van der Waals surface area contributed by atoms with Crippen molar-refractivity contribution in [2.75, 3.05) is 11.9 Å². The van der Waals surface area contributed by atoms with Gasteiger partial charge in [-0.2, -0.15) is 0 Å². The van der Waals surface area contributed by atoms with E-state index in [1.165, 1.54) is 12.1 Å². The number of aromatic amines is 1. The van der Waals surface area contributed by atoms with Gasteiger partial charge < -0.3 is 10.3 Å². The van der Waals surface area contributed by atoms with Gasteiger partial charge in [0.05, 0.1) is 11.3 Å². The second kappa shape index (κ2) is 6.88. The van der Waals surface area contributed by atoms with Crippen molar-refractivity contribution in [3.8, 4) is 0 Å². The molecule has 0 atom stereocenters. The summed E-state index contributed by atoms with van der Waals surface area (Å²) >= 11 is 0. The number of hydrogen-bond acceptors (Lipinski definition) is 4. The summed E-state index contributed by atoms with van der Waals surface area (Å²) in [5.41, 5.74) is 3.41. The van der Waals surface area contributed by atoms with Gasteiger partial charge in [-0.25, -0.2) is 13.1 Å². The van der Waals surface area contributed by atoms with Crippen molar-refractivity contribution in [2.45, 2.75) is 24.7 Å². The van der Waals surface area contributed by atoms with Crippen LogP contribution in [-0.2, 0) is 27.7 Å². The number of carbonyl (C=O) groups excluding carboxylic acids is 1. The molecule has 1 amide bonds. The Morgan fingerprint density at radius 3 is 2.71 bits per heavy atom. The van der Waals surface area contributed by atoms with E-state index in [9.17, 15) is 18.0 Å². The average Bonchev–Trinajstić information content (AvgIpc) is 3.01. The molecule has 1 aliphatic heterocycles. The number of carbonyl (C=O) groups is 1. The molecule has 144 valence electrons. The summed E-state index contributed by atoms with van der Waals surface area (Å²) in [5, 5.41) is 3.57. The molecule has 4 rings (SSSR count). The van der Waals surface area contributed by atoms with Gasteiger partial charge in [-0.1, -0.05) is 12.1 Å². The molecule has 28 heavy (non-hydrogen) atoms. The minimum Gasteiger partial charge on any atom is -0.326 e. The summed E-state index contributed by atoms with van der Waals surface area (Å²) in [6.45, 7) is 2.04. The molecule has 3 N–H and O–H groups in total. The third-order valence-corrected chi connectivity index (χ3v) is 6.24. The number of nitrogens with one attached hydrogen (secondary N) is 3. The molecule has 7 nitrogen and oxygen atoms in total. The van der Waals surface area contributed by atoms with Crippen molar-refractivity contribution in [1.29, 1.82) is 0 Å². The quantitative estimate of drug-likeness (QED) is 0.611. The monoisotopic (exact) mass is 397 g/mol. The predicted molar refractivity (Wildman–Crippen MR) is 107 cm³/mol. The Kier molecular flexibility index (Phi) is 4.52. The third-order valence-electron chi connectivity index (χ3n) is 4.78. The highest BCUT2D eigenvalue weighted by Crippen LogP contribution is 2.25. The number of aromatic nitrogens is 1. The van der Waals surface area contributed by atoms with Crippen LogP contribution in [0.15, 0.2) is 52.2 Å². The van der Waals surface area contributed by atoms with Crippen LogP contribution in [0.2, 0.25) is 0 Å². The van der Waals surface area contributed by atoms with Gasteiger partial charge in [0.1, 0.15) is 0 Å². The van der Waals surface area contributed by atoms with Crippen molar-refractivity contribution in [2.24, 2.45) is 0 Å². The molecule has 0 unspecified atom stereocenters. The molecule has 1 aliphatic rings. The SMILES string of the molecule is Cc1ccc2cc(CCNS(=O)(=O)c3ccc4c(c3)CC(=O)N4)c(=O)[nH]c2c1. The highest BCUT2D eigenvalue weighted by atomic mass is 32.2. The topological polar surface area (TPSA) is 108 Å². The van der Waals surface area contributed by atoms with Crippen molar-refractivity contribution in [3.05, 3.63) is 69.5 Å². The number of amides is 1. The van der Waals surface area contributed by atoms with Crippen LogP contribution in [0.5, 0.6) is 0 Å². The highest BCUT2D eigenvalue weighted by molar-refractivity contribution is 7.89. The van der Waals surface area contributed by atoms with Gasteiger partial charge >= 0.3 is 0 Å². The maximum Gasteiger partial charge on any atom is 0.251 e. The van der Waals surface area contributed by atoms with Gasteiger partial charge in [0.25, 0.3) is 5.56 Å². The third kappa shape index (κ3) is 3.56. The number of H-pyrrole nitrogens is 1. The molecule has 0 bridgehead atoms. The Balaban J connectivity index is 1.49. The van der Waals surface area contributed by atoms with E-state index in [1.807, 2.05) is 25.1 Å². The largest absolute Gasteiger partial charge is 0.326 e. The van der Waals surface area contributed by atoms with E-state index < -0.39 is 10.0 Å². The van der Waals surface area contributed by atoms with Gasteiger partial charge in [0.15, 0.2) is 0 Å². The summed E-state index contributed by atoms with van der Waals surface area (Å²) in [5.74, 6) is -0.150. The standard InChI is InChI=1S/C20H19N3O4S/c1-12-2-3-13-9-14(20(25)23-18(13)8-12)6-7-21-28(26,27)16-4-5-17-15(10-16)11-19(24)22-17/h2-5,8-10,21H,6-7,11H2,1H3,(H,22,24)(H,23,25). The first-order valence-electron chi connectivity index (χ1n) is 8.87. The Morgan fingerprint density at radius 2 is 1.89 bits per heavy atom. The van der Waals surface area contributed by atoms with Gasteiger partial charge in [-0.3, -0.25) is 9.59 Å². The molecule has 2 heterocycles. The maximum atomic E-state index is 12.5. The molecule has 2 aromatic carbocycles. The van der Waals surface area contributed by atoms with Crippen LogP contribution >= 0.6 is 0 Å². The van der Waals surface area contributed by atoms with E-state index in [4.69, 9.17) is 0 Å². The lowest BCUT2D eigenvalue weighted by Crippen LogP contribution is -2.27. The Morgan fingerprint density at radius 1 is 1.07 bits per heavy atom. The zero-order valence-electron chi connectivity index (χ0n) is 15.2. The molecule has 1 aromatic heterocycles. The van der Waals surface area contributed by atoms with E-state index in [-0.39, 0.29) is 35.7 Å². The lowest BCUT2D eigenvalue weighted by Gasteiger charge is -2.09. The summed E-state index contributed by atoms with van der Waals surface area (Å²) in [4.78, 5) is 26.6. The van der Waals surface area contributed by atoms with Crippen LogP contribution in [-0.4, -0.2) is 25.9 Å². The van der Waals surface area contributed by atoms with Gasteiger partial charge in [0.2, 0.25) is 15.9 Å². The van der Waals surface area contributed by atoms with E-state index >= 15 is 0 Å². The van der Waals surface area contributed by atoms with Gasteiger partial charge in [-0.05, 0) is 60.2 Å². The summed E-state index contributed by atoms with van der Waals surface area (Å²) in [6, 6.07) is 12.1. The smallest absolute Gasteiger partial charge is 0.251 e. The summed E-state index contributed by atoms with van der Waals surface area (Å²) < 4.78 is 27.6. The zero-order chi connectivity index (χ0) is 19.9. The normalized spacial score (nSPS) is 13.5. The maximum absolute atomic E-state index is 12.5. The number of anilines is 1. The first kappa shape index (κ1) is 18.4. The van der Waals surface area contributed by atoms with Crippen LogP contribution in [0.25, 0.3) is 10.9 Å². The van der Waals surface area contributed by atoms with Crippen LogP contribution in [0.4, 0.5) is 5.69 Å². The first-order chi connectivity index (χ1) is 13.3. The van der Waals surface area contributed by atoms with Crippen LogP contribution < -0.4 is 15.6 Å². The van der Waals surface area contributed by atoms with Crippen LogP contribution in [0, 0.1) is 6.92 Å². The molecule has 0 spiro atoms. The number of sulfonamides is 1. The lowest BCUT2D eigenvalue weighted by atomic mass is 10.1. The van der Waals surface area contributed by atoms with Gasteiger partial charge in [0, 0.05) is 23.3 Å². The van der Waals surface area contributed by atoms with Crippen molar-refractivity contribution >= 4 is 32.5 Å². The number of hydrogen-bond donors (Lipinski definition) is 3. The molecular formula is C20H19N3O4S. The molecule has 8 heteroatoms. The van der Waals surface area contributed by atoms with E-state index in [0.717, 1.165) is 16.5 Å². The molecular weight excluding hydrogens is 378 g/mol. The molecule has 0 saturated heterocycles. The van der Waals surface area contributed by atoms with E-state index in [0.29, 0.717) is 16.8 Å². The summed E-state index contributed by atoms with van der Waals surface area (Å²) in [6.07, 6.45) is 0.438. The first-order valence-corrected chi connectivity index (χ1v) is 10.4. The van der Waals surface area contributed by atoms with Crippen molar-refractivity contribution in [3.63, 3.8) is 0 Å².